The van der Waals surface area contributed by atoms with Gasteiger partial charge in [-0.2, -0.15) is 0 Å². The maximum absolute atomic E-state index is 6.13. The Morgan fingerprint density at radius 1 is 1.24 bits per heavy atom. The van der Waals surface area contributed by atoms with E-state index in [9.17, 15) is 0 Å². The third-order valence-corrected chi connectivity index (χ3v) is 4.31. The van der Waals surface area contributed by atoms with E-state index in [0.29, 0.717) is 5.41 Å². The van der Waals surface area contributed by atoms with E-state index in [-0.39, 0.29) is 0 Å². The van der Waals surface area contributed by atoms with Crippen molar-refractivity contribution < 1.29 is 0 Å². The van der Waals surface area contributed by atoms with Gasteiger partial charge in [0.05, 0.1) is 0 Å². The van der Waals surface area contributed by atoms with Gasteiger partial charge in [-0.1, -0.05) is 42.6 Å². The van der Waals surface area contributed by atoms with E-state index in [1.54, 1.807) is 0 Å². The normalized spacial score (nSPS) is 17.1. The topological polar surface area (TPSA) is 12.0 Å². The molecule has 1 saturated carbocycles. The number of rotatable bonds is 6. The average Bonchev–Trinajstić information content (AvgIpc) is 3.03. The summed E-state index contributed by atoms with van der Waals surface area (Å²) in [5.41, 5.74) is 1.59. The van der Waals surface area contributed by atoms with E-state index in [2.05, 4.69) is 12.2 Å². The Bertz CT molecular complexity index is 366. The van der Waals surface area contributed by atoms with Crippen LogP contribution in [0.2, 0.25) is 10.0 Å². The number of nitrogens with one attached hydrogen (secondary N) is 1. The molecule has 0 bridgehead atoms. The molecule has 0 amide bonds. The molecule has 1 N–H and O–H groups in total. The Hall–Kier alpha value is -0.240. The van der Waals surface area contributed by atoms with Crippen LogP contribution in [0.1, 0.15) is 38.2 Å². The van der Waals surface area contributed by atoms with Crippen LogP contribution in [-0.4, -0.2) is 6.54 Å². The molecule has 0 saturated heterocycles. The maximum Gasteiger partial charge on any atom is 0.0465 e. The van der Waals surface area contributed by atoms with Crippen LogP contribution in [0.3, 0.4) is 0 Å². The fourth-order valence-corrected chi connectivity index (χ4v) is 2.91. The first kappa shape index (κ1) is 13.2. The SMILES string of the molecule is CCCC1(CNCc2c(Cl)cccc2Cl)CC1. The number of hydrogen-bond donors (Lipinski definition) is 1. The highest BCUT2D eigenvalue weighted by molar-refractivity contribution is 6.35. The van der Waals surface area contributed by atoms with Crippen LogP contribution in [0.25, 0.3) is 0 Å². The van der Waals surface area contributed by atoms with Gasteiger partial charge in [-0.3, -0.25) is 0 Å². The molecule has 0 unspecified atom stereocenters. The summed E-state index contributed by atoms with van der Waals surface area (Å²) in [5, 5.41) is 5.01. The minimum absolute atomic E-state index is 0.572. The van der Waals surface area contributed by atoms with Gasteiger partial charge in [0, 0.05) is 28.7 Å². The predicted octanol–water partition coefficient (Wildman–Crippen LogP) is 4.66. The van der Waals surface area contributed by atoms with Crippen molar-refractivity contribution in [2.45, 2.75) is 39.2 Å². The summed E-state index contributed by atoms with van der Waals surface area (Å²) in [6.07, 6.45) is 5.33. The largest absolute Gasteiger partial charge is 0.312 e. The summed E-state index contributed by atoms with van der Waals surface area (Å²) in [4.78, 5) is 0. The molecule has 1 nitrogen and oxygen atoms in total. The zero-order chi connectivity index (χ0) is 12.3. The second-order valence-electron chi connectivity index (χ2n) is 5.05. The van der Waals surface area contributed by atoms with Gasteiger partial charge in [0.2, 0.25) is 0 Å². The van der Waals surface area contributed by atoms with Crippen LogP contribution < -0.4 is 5.32 Å². The predicted molar refractivity (Wildman–Crippen MR) is 74.7 cm³/mol. The lowest BCUT2D eigenvalue weighted by Gasteiger charge is -2.15. The third-order valence-electron chi connectivity index (χ3n) is 3.60. The zero-order valence-corrected chi connectivity index (χ0v) is 11.7. The molecule has 2 rings (SSSR count). The molecule has 0 spiro atoms. The molecule has 1 aliphatic carbocycles. The first-order valence-electron chi connectivity index (χ1n) is 6.30. The quantitative estimate of drug-likeness (QED) is 0.794. The molecule has 1 aromatic carbocycles. The van der Waals surface area contributed by atoms with E-state index < -0.39 is 0 Å². The van der Waals surface area contributed by atoms with E-state index in [1.165, 1.54) is 25.7 Å². The highest BCUT2D eigenvalue weighted by Gasteiger charge is 2.40. The molecule has 94 valence electrons. The fourth-order valence-electron chi connectivity index (χ4n) is 2.38. The van der Waals surface area contributed by atoms with Crippen molar-refractivity contribution in [2.24, 2.45) is 5.41 Å². The minimum atomic E-state index is 0.572. The van der Waals surface area contributed by atoms with Crippen LogP contribution in [0.5, 0.6) is 0 Å². The summed E-state index contributed by atoms with van der Waals surface area (Å²) in [6, 6.07) is 5.67. The Morgan fingerprint density at radius 3 is 2.41 bits per heavy atom. The van der Waals surface area contributed by atoms with Crippen LogP contribution in [-0.2, 0) is 6.54 Å². The van der Waals surface area contributed by atoms with E-state index in [1.807, 2.05) is 18.2 Å². The number of halogens is 2. The fraction of sp³-hybridized carbons (Fsp3) is 0.571. The van der Waals surface area contributed by atoms with Crippen molar-refractivity contribution in [3.05, 3.63) is 33.8 Å². The molecule has 1 aromatic rings. The van der Waals surface area contributed by atoms with Crippen molar-refractivity contribution in [1.82, 2.24) is 5.32 Å². The lowest BCUT2D eigenvalue weighted by atomic mass is 10.0. The Labute approximate surface area is 114 Å². The van der Waals surface area contributed by atoms with Crippen LogP contribution in [0, 0.1) is 5.41 Å². The van der Waals surface area contributed by atoms with Gasteiger partial charge in [-0.05, 0) is 36.8 Å². The maximum atomic E-state index is 6.13. The highest BCUT2D eigenvalue weighted by Crippen LogP contribution is 2.49. The monoisotopic (exact) mass is 271 g/mol. The van der Waals surface area contributed by atoms with E-state index in [0.717, 1.165) is 28.7 Å². The van der Waals surface area contributed by atoms with Gasteiger partial charge in [0.15, 0.2) is 0 Å². The van der Waals surface area contributed by atoms with Gasteiger partial charge < -0.3 is 5.32 Å². The first-order valence-corrected chi connectivity index (χ1v) is 7.06. The Balaban J connectivity index is 1.86. The Kier molecular flexibility index (Phi) is 4.35. The van der Waals surface area contributed by atoms with Crippen molar-refractivity contribution in [2.75, 3.05) is 6.54 Å². The molecule has 1 fully saturated rings. The summed E-state index contributed by atoms with van der Waals surface area (Å²) >= 11 is 12.3. The smallest absolute Gasteiger partial charge is 0.0465 e. The van der Waals surface area contributed by atoms with Crippen LogP contribution in [0.4, 0.5) is 0 Å². The average molecular weight is 272 g/mol. The van der Waals surface area contributed by atoms with Crippen LogP contribution >= 0.6 is 23.2 Å². The summed E-state index contributed by atoms with van der Waals surface area (Å²) in [7, 11) is 0. The Morgan fingerprint density at radius 2 is 1.88 bits per heavy atom. The molecule has 0 atom stereocenters. The lowest BCUT2D eigenvalue weighted by molar-refractivity contribution is 0.421. The number of hydrogen-bond acceptors (Lipinski definition) is 1. The molecule has 0 aromatic heterocycles. The van der Waals surface area contributed by atoms with E-state index in [4.69, 9.17) is 23.2 Å². The second kappa shape index (κ2) is 5.60. The molecule has 17 heavy (non-hydrogen) atoms. The van der Waals surface area contributed by atoms with Crippen molar-refractivity contribution in [1.29, 1.82) is 0 Å². The highest BCUT2D eigenvalue weighted by atomic mass is 35.5. The molecule has 3 heteroatoms. The van der Waals surface area contributed by atoms with E-state index >= 15 is 0 Å². The first-order chi connectivity index (χ1) is 8.17. The van der Waals surface area contributed by atoms with Crippen molar-refractivity contribution >= 4 is 23.2 Å². The van der Waals surface area contributed by atoms with Crippen LogP contribution in [0.15, 0.2) is 18.2 Å². The van der Waals surface area contributed by atoms with Crippen molar-refractivity contribution in [3.63, 3.8) is 0 Å². The standard InChI is InChI=1S/C14H19Cl2N/c1-2-6-14(7-8-14)10-17-9-11-12(15)4-3-5-13(11)16/h3-5,17H,2,6-10H2,1H3. The lowest BCUT2D eigenvalue weighted by Crippen LogP contribution is -2.23. The molecular weight excluding hydrogens is 253 g/mol. The molecule has 0 heterocycles. The minimum Gasteiger partial charge on any atom is -0.312 e. The summed E-state index contributed by atoms with van der Waals surface area (Å²) in [5.74, 6) is 0. The van der Waals surface area contributed by atoms with Gasteiger partial charge in [0.1, 0.15) is 0 Å². The zero-order valence-electron chi connectivity index (χ0n) is 10.2. The van der Waals surface area contributed by atoms with Gasteiger partial charge >= 0.3 is 0 Å². The molecule has 1 aliphatic rings. The van der Waals surface area contributed by atoms with Crippen molar-refractivity contribution in [3.8, 4) is 0 Å². The molecule has 0 aliphatic heterocycles. The summed E-state index contributed by atoms with van der Waals surface area (Å²) in [6.45, 7) is 4.11. The molecular formula is C14H19Cl2N. The second-order valence-corrected chi connectivity index (χ2v) is 5.87. The third kappa shape index (κ3) is 3.37. The van der Waals surface area contributed by atoms with Gasteiger partial charge in [-0.25, -0.2) is 0 Å². The summed E-state index contributed by atoms with van der Waals surface area (Å²) < 4.78 is 0. The number of benzene rings is 1. The van der Waals surface area contributed by atoms with Gasteiger partial charge in [0.25, 0.3) is 0 Å². The van der Waals surface area contributed by atoms with Gasteiger partial charge in [-0.15, -0.1) is 0 Å². The molecule has 0 radical (unpaired) electrons.